The molecule has 0 radical (unpaired) electrons. The molecule has 0 amide bonds. The molecule has 1 N–H and O–H groups in total. The first kappa shape index (κ1) is 12.6. The lowest BCUT2D eigenvalue weighted by molar-refractivity contribution is 0.0759. The minimum Gasteiger partial charge on any atom is -0.495 e. The largest absolute Gasteiger partial charge is 0.495 e. The summed E-state index contributed by atoms with van der Waals surface area (Å²) in [5.41, 5.74) is 0.584. The van der Waals surface area contributed by atoms with Gasteiger partial charge >= 0.3 is 0 Å². The number of methoxy groups -OCH3 is 1. The number of aliphatic hydroxyl groups is 1. The maximum atomic E-state index is 10.9. The zero-order chi connectivity index (χ0) is 13.0. The van der Waals surface area contributed by atoms with E-state index in [1.165, 1.54) is 0 Å². The van der Waals surface area contributed by atoms with E-state index in [0.717, 1.165) is 11.1 Å². The molecule has 3 heteroatoms. The Morgan fingerprint density at radius 1 is 1.17 bits per heavy atom. The van der Waals surface area contributed by atoms with Crippen LogP contribution in [-0.4, -0.2) is 17.2 Å². The summed E-state index contributed by atoms with van der Waals surface area (Å²) in [4.78, 5) is 4.11. The van der Waals surface area contributed by atoms with Crippen molar-refractivity contribution in [1.29, 1.82) is 0 Å². The van der Waals surface area contributed by atoms with Crippen molar-refractivity contribution < 1.29 is 9.84 Å². The molecule has 1 unspecified atom stereocenters. The normalized spacial score (nSPS) is 13.9. The molecule has 1 aromatic carbocycles. The lowest BCUT2D eigenvalue weighted by Crippen LogP contribution is -2.26. The molecule has 2 rings (SSSR count). The third-order valence-corrected chi connectivity index (χ3v) is 3.19. The summed E-state index contributed by atoms with van der Waals surface area (Å²) < 4.78 is 5.16. The monoisotopic (exact) mass is 243 g/mol. The van der Waals surface area contributed by atoms with Crippen LogP contribution < -0.4 is 4.74 Å². The lowest BCUT2D eigenvalue weighted by atomic mass is 9.85. The molecule has 2 aromatic rings. The summed E-state index contributed by atoms with van der Waals surface area (Å²) in [6, 6.07) is 11.4. The van der Waals surface area contributed by atoms with Gasteiger partial charge in [-0.05, 0) is 18.1 Å². The highest BCUT2D eigenvalue weighted by Gasteiger charge is 2.29. The Kier molecular flexibility index (Phi) is 3.63. The minimum absolute atomic E-state index is 0.575. The Bertz CT molecular complexity index is 513. The van der Waals surface area contributed by atoms with Gasteiger partial charge in [0.25, 0.3) is 0 Å². The van der Waals surface area contributed by atoms with E-state index in [4.69, 9.17) is 4.74 Å². The Morgan fingerprint density at radius 2 is 1.89 bits per heavy atom. The average molecular weight is 243 g/mol. The van der Waals surface area contributed by atoms with Gasteiger partial charge in [0.15, 0.2) is 0 Å². The first-order valence-corrected chi connectivity index (χ1v) is 5.98. The maximum Gasteiger partial charge on any atom is 0.137 e. The number of ether oxygens (including phenoxy) is 1. The van der Waals surface area contributed by atoms with Crippen molar-refractivity contribution >= 4 is 0 Å². The number of rotatable bonds is 4. The topological polar surface area (TPSA) is 42.4 Å². The van der Waals surface area contributed by atoms with Crippen molar-refractivity contribution in [2.45, 2.75) is 18.9 Å². The fourth-order valence-corrected chi connectivity index (χ4v) is 2.05. The molecule has 0 spiro atoms. The summed E-state index contributed by atoms with van der Waals surface area (Å²) in [7, 11) is 1.59. The highest BCUT2D eigenvalue weighted by Crippen LogP contribution is 2.33. The van der Waals surface area contributed by atoms with E-state index in [2.05, 4.69) is 4.98 Å². The van der Waals surface area contributed by atoms with Gasteiger partial charge in [-0.25, -0.2) is 0 Å². The fourth-order valence-electron chi connectivity index (χ4n) is 2.05. The van der Waals surface area contributed by atoms with Crippen LogP contribution in [0.15, 0.2) is 48.8 Å². The Balaban J connectivity index is 2.49. The van der Waals surface area contributed by atoms with Gasteiger partial charge in [-0.3, -0.25) is 4.98 Å². The fraction of sp³-hybridized carbons (Fsp3) is 0.267. The zero-order valence-corrected chi connectivity index (χ0v) is 10.6. The van der Waals surface area contributed by atoms with Crippen molar-refractivity contribution in [3.05, 3.63) is 59.9 Å². The molecule has 1 atom stereocenters. The van der Waals surface area contributed by atoms with Crippen molar-refractivity contribution in [2.75, 3.05) is 7.11 Å². The van der Waals surface area contributed by atoms with Crippen LogP contribution in [0.2, 0.25) is 0 Å². The first-order chi connectivity index (χ1) is 8.70. The van der Waals surface area contributed by atoms with E-state index in [-0.39, 0.29) is 0 Å². The molecule has 0 bridgehead atoms. The van der Waals surface area contributed by atoms with Crippen molar-refractivity contribution in [3.8, 4) is 5.75 Å². The van der Waals surface area contributed by atoms with E-state index < -0.39 is 5.60 Å². The highest BCUT2D eigenvalue weighted by molar-refractivity contribution is 5.37. The minimum atomic E-state index is -1.02. The Hall–Kier alpha value is -1.87. The Morgan fingerprint density at radius 3 is 2.50 bits per heavy atom. The number of nitrogens with zero attached hydrogens (tertiary/aromatic N) is 1. The standard InChI is InChI=1S/C15H17NO2/c1-3-15(17,12-7-5-4-6-8-12)13-9-14(18-2)11-16-10-13/h4-11,17H,3H2,1-2H3. The summed E-state index contributed by atoms with van der Waals surface area (Å²) in [5, 5.41) is 10.9. The highest BCUT2D eigenvalue weighted by atomic mass is 16.5. The van der Waals surface area contributed by atoms with Crippen LogP contribution in [0.5, 0.6) is 5.75 Å². The second-order valence-corrected chi connectivity index (χ2v) is 4.19. The number of pyridine rings is 1. The number of benzene rings is 1. The van der Waals surface area contributed by atoms with E-state index in [9.17, 15) is 5.11 Å². The number of hydrogen-bond donors (Lipinski definition) is 1. The molecule has 1 aromatic heterocycles. The molecule has 18 heavy (non-hydrogen) atoms. The molecular weight excluding hydrogens is 226 g/mol. The predicted molar refractivity (Wildman–Crippen MR) is 70.5 cm³/mol. The zero-order valence-electron chi connectivity index (χ0n) is 10.6. The van der Waals surface area contributed by atoms with Gasteiger partial charge in [0, 0.05) is 11.8 Å². The van der Waals surface area contributed by atoms with Crippen molar-refractivity contribution in [2.24, 2.45) is 0 Å². The Labute approximate surface area is 107 Å². The molecule has 0 saturated carbocycles. The molecule has 94 valence electrons. The molecule has 0 aliphatic heterocycles. The van der Waals surface area contributed by atoms with E-state index >= 15 is 0 Å². The second kappa shape index (κ2) is 5.19. The van der Waals surface area contributed by atoms with Gasteiger partial charge in [0.1, 0.15) is 11.4 Å². The number of aromatic nitrogens is 1. The van der Waals surface area contributed by atoms with Crippen LogP contribution in [-0.2, 0) is 5.60 Å². The van der Waals surface area contributed by atoms with Crippen molar-refractivity contribution in [3.63, 3.8) is 0 Å². The number of hydrogen-bond acceptors (Lipinski definition) is 3. The van der Waals surface area contributed by atoms with Gasteiger partial charge in [-0.1, -0.05) is 37.3 Å². The van der Waals surface area contributed by atoms with Crippen LogP contribution >= 0.6 is 0 Å². The van der Waals surface area contributed by atoms with Crippen LogP contribution in [0, 0.1) is 0 Å². The van der Waals surface area contributed by atoms with E-state index in [1.54, 1.807) is 19.5 Å². The second-order valence-electron chi connectivity index (χ2n) is 4.19. The van der Waals surface area contributed by atoms with Gasteiger partial charge < -0.3 is 9.84 Å². The molecule has 0 fully saturated rings. The molecular formula is C15H17NO2. The smallest absolute Gasteiger partial charge is 0.137 e. The lowest BCUT2D eigenvalue weighted by Gasteiger charge is -2.27. The molecule has 0 aliphatic rings. The van der Waals surface area contributed by atoms with Crippen molar-refractivity contribution in [1.82, 2.24) is 4.98 Å². The summed E-state index contributed by atoms with van der Waals surface area (Å²) in [6.45, 7) is 1.95. The summed E-state index contributed by atoms with van der Waals surface area (Å²) in [5.74, 6) is 0.648. The summed E-state index contributed by atoms with van der Waals surface area (Å²) >= 11 is 0. The molecule has 0 saturated heterocycles. The van der Waals surface area contributed by atoms with Crippen LogP contribution in [0.1, 0.15) is 24.5 Å². The third kappa shape index (κ3) is 2.22. The predicted octanol–water partition coefficient (Wildman–Crippen LogP) is 2.74. The first-order valence-electron chi connectivity index (χ1n) is 5.98. The maximum absolute atomic E-state index is 10.9. The quantitative estimate of drug-likeness (QED) is 0.897. The van der Waals surface area contributed by atoms with Gasteiger partial charge in [-0.2, -0.15) is 0 Å². The molecule has 3 nitrogen and oxygen atoms in total. The van der Waals surface area contributed by atoms with E-state index in [1.807, 2.05) is 43.3 Å². The average Bonchev–Trinajstić information content (AvgIpc) is 2.47. The van der Waals surface area contributed by atoms with Gasteiger partial charge in [0.2, 0.25) is 0 Å². The molecule has 1 heterocycles. The van der Waals surface area contributed by atoms with Crippen LogP contribution in [0.25, 0.3) is 0 Å². The van der Waals surface area contributed by atoms with E-state index in [0.29, 0.717) is 12.2 Å². The van der Waals surface area contributed by atoms with Gasteiger partial charge in [-0.15, -0.1) is 0 Å². The van der Waals surface area contributed by atoms with Gasteiger partial charge in [0.05, 0.1) is 13.3 Å². The third-order valence-electron chi connectivity index (χ3n) is 3.19. The SMILES string of the molecule is CCC(O)(c1ccccc1)c1cncc(OC)c1. The van der Waals surface area contributed by atoms with Crippen LogP contribution in [0.3, 0.4) is 0 Å². The summed E-state index contributed by atoms with van der Waals surface area (Å²) in [6.07, 6.45) is 3.88. The van der Waals surface area contributed by atoms with Crippen LogP contribution in [0.4, 0.5) is 0 Å². The molecule has 0 aliphatic carbocycles.